The van der Waals surface area contributed by atoms with Crippen LogP contribution < -0.4 is 10.1 Å². The molecule has 1 heterocycles. The minimum atomic E-state index is -1.11. The number of furan rings is 1. The third-order valence-corrected chi connectivity index (χ3v) is 3.91. The third-order valence-electron chi connectivity index (χ3n) is 3.65. The van der Waals surface area contributed by atoms with E-state index in [-0.39, 0.29) is 17.0 Å². The molecule has 0 fully saturated rings. The van der Waals surface area contributed by atoms with Crippen LogP contribution in [-0.4, -0.2) is 24.1 Å². The summed E-state index contributed by atoms with van der Waals surface area (Å²) in [6.07, 6.45) is 0. The van der Waals surface area contributed by atoms with Crippen LogP contribution in [0.3, 0.4) is 0 Å². The first kappa shape index (κ1) is 17.6. The highest BCUT2D eigenvalue weighted by Gasteiger charge is 2.16. The molecule has 1 aromatic heterocycles. The van der Waals surface area contributed by atoms with Crippen LogP contribution in [0.4, 0.5) is 5.69 Å². The maximum atomic E-state index is 12.4. The van der Waals surface area contributed by atoms with Crippen molar-refractivity contribution in [3.05, 3.63) is 70.9 Å². The molecule has 3 rings (SSSR count). The van der Waals surface area contributed by atoms with Gasteiger partial charge in [0.15, 0.2) is 5.76 Å². The Morgan fingerprint density at radius 3 is 2.46 bits per heavy atom. The van der Waals surface area contributed by atoms with E-state index in [1.807, 2.05) is 0 Å². The van der Waals surface area contributed by atoms with Crippen LogP contribution in [0.1, 0.15) is 20.9 Å². The Balaban J connectivity index is 1.84. The number of ether oxygens (including phenoxy) is 1. The van der Waals surface area contributed by atoms with Gasteiger partial charge in [-0.25, -0.2) is 4.79 Å². The summed E-state index contributed by atoms with van der Waals surface area (Å²) in [4.78, 5) is 23.5. The van der Waals surface area contributed by atoms with Gasteiger partial charge in [-0.15, -0.1) is 0 Å². The number of carbonyl (C=O) groups is 2. The molecule has 132 valence electrons. The topological polar surface area (TPSA) is 88.8 Å². The molecule has 0 spiro atoms. The smallest absolute Gasteiger partial charge is 0.335 e. The van der Waals surface area contributed by atoms with Crippen molar-refractivity contribution >= 4 is 29.2 Å². The van der Waals surface area contributed by atoms with Crippen molar-refractivity contribution in [2.75, 3.05) is 12.4 Å². The molecule has 2 N–H and O–H groups in total. The van der Waals surface area contributed by atoms with Crippen molar-refractivity contribution in [1.82, 2.24) is 0 Å². The lowest BCUT2D eigenvalue weighted by molar-refractivity contribution is 0.0696. The molecule has 7 heteroatoms. The Hall–Kier alpha value is -3.25. The third kappa shape index (κ3) is 3.70. The van der Waals surface area contributed by atoms with Gasteiger partial charge in [-0.2, -0.15) is 0 Å². The first-order valence-electron chi connectivity index (χ1n) is 7.56. The van der Waals surface area contributed by atoms with E-state index in [4.69, 9.17) is 25.9 Å². The van der Waals surface area contributed by atoms with Gasteiger partial charge in [-0.1, -0.05) is 11.6 Å². The Morgan fingerprint density at radius 2 is 1.81 bits per heavy atom. The van der Waals surface area contributed by atoms with Crippen LogP contribution in [0.15, 0.2) is 59.0 Å². The van der Waals surface area contributed by atoms with Crippen LogP contribution in [0.25, 0.3) is 11.3 Å². The summed E-state index contributed by atoms with van der Waals surface area (Å²) in [6.45, 7) is 0. The number of hydrogen-bond acceptors (Lipinski definition) is 4. The molecular weight excluding hydrogens is 358 g/mol. The van der Waals surface area contributed by atoms with Crippen LogP contribution in [0, 0.1) is 0 Å². The van der Waals surface area contributed by atoms with E-state index in [0.29, 0.717) is 16.5 Å². The van der Waals surface area contributed by atoms with Gasteiger partial charge in [-0.3, -0.25) is 4.79 Å². The zero-order chi connectivity index (χ0) is 18.7. The average molecular weight is 372 g/mol. The summed E-state index contributed by atoms with van der Waals surface area (Å²) in [5.41, 5.74) is 1.04. The fourth-order valence-corrected chi connectivity index (χ4v) is 2.48. The van der Waals surface area contributed by atoms with E-state index in [9.17, 15) is 9.59 Å². The molecule has 0 aliphatic rings. The van der Waals surface area contributed by atoms with Crippen molar-refractivity contribution in [3.8, 4) is 17.1 Å². The molecule has 0 unspecified atom stereocenters. The first-order chi connectivity index (χ1) is 12.5. The number of carboxylic acid groups (broad SMARTS) is 1. The molecule has 26 heavy (non-hydrogen) atoms. The summed E-state index contributed by atoms with van der Waals surface area (Å²) in [5, 5.41) is 12.3. The standard InChI is InChI=1S/C19H14ClNO5/c1-25-16-7-4-12(19(23)24)10-14(16)21-18(22)17-9-8-15(26-17)11-2-5-13(20)6-3-11/h2-10H,1H3,(H,21,22)(H,23,24). The van der Waals surface area contributed by atoms with Crippen molar-refractivity contribution in [2.45, 2.75) is 0 Å². The average Bonchev–Trinajstić information content (AvgIpc) is 3.12. The van der Waals surface area contributed by atoms with Crippen molar-refractivity contribution in [1.29, 1.82) is 0 Å². The minimum Gasteiger partial charge on any atom is -0.495 e. The van der Waals surface area contributed by atoms with E-state index in [2.05, 4.69) is 5.32 Å². The van der Waals surface area contributed by atoms with E-state index >= 15 is 0 Å². The van der Waals surface area contributed by atoms with E-state index < -0.39 is 11.9 Å². The summed E-state index contributed by atoms with van der Waals surface area (Å²) < 4.78 is 10.7. The van der Waals surface area contributed by atoms with Gasteiger partial charge in [0.05, 0.1) is 18.4 Å². The molecule has 0 saturated carbocycles. The van der Waals surface area contributed by atoms with E-state index in [0.717, 1.165) is 5.56 Å². The number of nitrogens with one attached hydrogen (secondary N) is 1. The highest BCUT2D eigenvalue weighted by atomic mass is 35.5. The number of carbonyl (C=O) groups excluding carboxylic acids is 1. The molecule has 0 bridgehead atoms. The lowest BCUT2D eigenvalue weighted by Gasteiger charge is -2.10. The van der Waals surface area contributed by atoms with Gasteiger partial charge in [-0.05, 0) is 54.6 Å². The highest BCUT2D eigenvalue weighted by molar-refractivity contribution is 6.30. The number of amides is 1. The fraction of sp³-hybridized carbons (Fsp3) is 0.0526. The number of aromatic carboxylic acids is 1. The Kier molecular flexibility index (Phi) is 4.95. The van der Waals surface area contributed by atoms with Crippen molar-refractivity contribution in [2.24, 2.45) is 0 Å². The molecule has 1 amide bonds. The summed E-state index contributed by atoms with van der Waals surface area (Å²) in [6, 6.07) is 14.4. The Labute approximate surface area is 154 Å². The second kappa shape index (κ2) is 7.33. The zero-order valence-corrected chi connectivity index (χ0v) is 14.4. The van der Waals surface area contributed by atoms with Crippen molar-refractivity contribution < 1.29 is 23.8 Å². The number of methoxy groups -OCH3 is 1. The predicted molar refractivity (Wildman–Crippen MR) is 97.1 cm³/mol. The molecule has 3 aromatic rings. The molecule has 0 saturated heterocycles. The quantitative estimate of drug-likeness (QED) is 0.686. The molecule has 0 atom stereocenters. The summed E-state index contributed by atoms with van der Waals surface area (Å²) in [5.74, 6) is -0.694. The van der Waals surface area contributed by atoms with Crippen molar-refractivity contribution in [3.63, 3.8) is 0 Å². The van der Waals surface area contributed by atoms with Crippen LogP contribution in [0.5, 0.6) is 5.75 Å². The zero-order valence-electron chi connectivity index (χ0n) is 13.7. The number of rotatable bonds is 5. The Bertz CT molecular complexity index is 962. The van der Waals surface area contributed by atoms with Crippen LogP contribution in [-0.2, 0) is 0 Å². The van der Waals surface area contributed by atoms with Gasteiger partial charge >= 0.3 is 5.97 Å². The summed E-state index contributed by atoms with van der Waals surface area (Å²) >= 11 is 5.86. The monoisotopic (exact) mass is 371 g/mol. The SMILES string of the molecule is COc1ccc(C(=O)O)cc1NC(=O)c1ccc(-c2ccc(Cl)cc2)o1. The second-order valence-electron chi connectivity index (χ2n) is 5.35. The fourth-order valence-electron chi connectivity index (χ4n) is 2.35. The second-order valence-corrected chi connectivity index (χ2v) is 5.78. The molecule has 0 aliphatic heterocycles. The van der Waals surface area contributed by atoms with E-state index in [1.54, 1.807) is 30.3 Å². The molecule has 0 radical (unpaired) electrons. The van der Waals surface area contributed by atoms with Gasteiger partial charge in [0, 0.05) is 10.6 Å². The lowest BCUT2D eigenvalue weighted by Crippen LogP contribution is -2.12. The Morgan fingerprint density at radius 1 is 1.08 bits per heavy atom. The molecule has 0 aliphatic carbocycles. The molecule has 2 aromatic carbocycles. The number of benzene rings is 2. The molecular formula is C19H14ClNO5. The summed E-state index contributed by atoms with van der Waals surface area (Å²) in [7, 11) is 1.43. The van der Waals surface area contributed by atoms with Crippen LogP contribution >= 0.6 is 11.6 Å². The van der Waals surface area contributed by atoms with Gasteiger partial charge in [0.1, 0.15) is 11.5 Å². The largest absolute Gasteiger partial charge is 0.495 e. The lowest BCUT2D eigenvalue weighted by atomic mass is 10.2. The number of anilines is 1. The van der Waals surface area contributed by atoms with E-state index in [1.165, 1.54) is 31.4 Å². The van der Waals surface area contributed by atoms with Crippen LogP contribution in [0.2, 0.25) is 5.02 Å². The van der Waals surface area contributed by atoms with Gasteiger partial charge in [0.2, 0.25) is 0 Å². The minimum absolute atomic E-state index is 0.0300. The predicted octanol–water partition coefficient (Wildman–Crippen LogP) is 4.56. The number of carboxylic acids is 1. The van der Waals surface area contributed by atoms with Gasteiger partial charge in [0.25, 0.3) is 5.91 Å². The number of halogens is 1. The highest BCUT2D eigenvalue weighted by Crippen LogP contribution is 2.28. The van der Waals surface area contributed by atoms with Gasteiger partial charge < -0.3 is 19.6 Å². The number of hydrogen-bond donors (Lipinski definition) is 2. The molecule has 6 nitrogen and oxygen atoms in total. The normalized spacial score (nSPS) is 10.4. The maximum Gasteiger partial charge on any atom is 0.335 e. The first-order valence-corrected chi connectivity index (χ1v) is 7.94. The maximum absolute atomic E-state index is 12.4.